The van der Waals surface area contributed by atoms with Crippen LogP contribution in [-0.2, 0) is 10.2 Å². The lowest BCUT2D eigenvalue weighted by molar-refractivity contribution is -0.118. The fraction of sp³-hybridized carbons (Fsp3) is 0.533. The topological polar surface area (TPSA) is 81.8 Å². The molecule has 2 aromatic rings. The minimum absolute atomic E-state index is 0.179. The van der Waals surface area contributed by atoms with Crippen molar-refractivity contribution in [1.82, 2.24) is 20.7 Å². The molecule has 4 heterocycles. The second-order valence-corrected chi connectivity index (χ2v) is 11.9. The quantitative estimate of drug-likeness (QED) is 0.566. The zero-order valence-electron chi connectivity index (χ0n) is 22.3. The molecule has 1 aromatic carbocycles. The molecule has 1 amide bonds. The number of hydrogen-bond donors (Lipinski definition) is 3. The van der Waals surface area contributed by atoms with Crippen molar-refractivity contribution in [2.24, 2.45) is 17.8 Å². The SMILES string of the molecule is COc1ccc2c(c1)[C@]1(C[C@H]1C1CCC3C(/C=C/c4ccc(N5CCN(C)CC5)nc4)NNC3C1)C(=O)N2. The standard InChI is InChI=1S/C30H38N6O2/c1-35-11-13-36(14-12-35)28-10-4-19(18-31-28)3-8-25-22-7-5-20(15-27(22)34-33-25)24-17-30(24)23-16-21(38-2)6-9-26(23)32-29(30)37/h3-4,6,8-10,16,18,20,22,24-25,27,33-34H,5,7,11-15,17H2,1-2H3,(H,32,37)/b8-3+/t20?,22?,24-,25?,27?,30-/m0/s1. The second-order valence-electron chi connectivity index (χ2n) is 11.9. The fourth-order valence-electron chi connectivity index (χ4n) is 7.53. The van der Waals surface area contributed by atoms with Crippen LogP contribution in [0.4, 0.5) is 11.5 Å². The first-order chi connectivity index (χ1) is 18.5. The Hall–Kier alpha value is -2.94. The van der Waals surface area contributed by atoms with Gasteiger partial charge in [0.1, 0.15) is 11.6 Å². The first-order valence-corrected chi connectivity index (χ1v) is 14.1. The van der Waals surface area contributed by atoms with Crippen LogP contribution in [0.1, 0.15) is 36.8 Å². The van der Waals surface area contributed by atoms with Gasteiger partial charge >= 0.3 is 0 Å². The number of hydrogen-bond acceptors (Lipinski definition) is 7. The van der Waals surface area contributed by atoms with Gasteiger partial charge in [-0.1, -0.05) is 12.2 Å². The maximum Gasteiger partial charge on any atom is 0.235 e. The molecule has 1 aromatic heterocycles. The fourth-order valence-corrected chi connectivity index (χ4v) is 7.53. The van der Waals surface area contributed by atoms with Gasteiger partial charge in [0.15, 0.2) is 0 Å². The molecule has 3 N–H and O–H groups in total. The molecule has 8 nitrogen and oxygen atoms in total. The average molecular weight is 515 g/mol. The molecule has 3 aliphatic heterocycles. The first kappa shape index (κ1) is 24.1. The molecule has 8 heteroatoms. The smallest absolute Gasteiger partial charge is 0.235 e. The van der Waals surface area contributed by atoms with Crippen molar-refractivity contribution >= 4 is 23.5 Å². The van der Waals surface area contributed by atoms with E-state index in [0.29, 0.717) is 29.8 Å². The van der Waals surface area contributed by atoms with Crippen molar-refractivity contribution < 1.29 is 9.53 Å². The number of carbonyl (C=O) groups excluding carboxylic acids is 1. The van der Waals surface area contributed by atoms with Crippen LogP contribution in [0.3, 0.4) is 0 Å². The van der Waals surface area contributed by atoms with E-state index >= 15 is 0 Å². The Balaban J connectivity index is 0.977. The van der Waals surface area contributed by atoms with Gasteiger partial charge in [0.25, 0.3) is 0 Å². The predicted molar refractivity (Wildman–Crippen MR) is 149 cm³/mol. The summed E-state index contributed by atoms with van der Waals surface area (Å²) in [6.45, 7) is 4.25. The Morgan fingerprint density at radius 2 is 1.97 bits per heavy atom. The van der Waals surface area contributed by atoms with Crippen LogP contribution >= 0.6 is 0 Å². The van der Waals surface area contributed by atoms with Crippen LogP contribution in [0.25, 0.3) is 6.08 Å². The summed E-state index contributed by atoms with van der Waals surface area (Å²) in [5.41, 5.74) is 10.0. The van der Waals surface area contributed by atoms with E-state index in [1.807, 2.05) is 18.3 Å². The van der Waals surface area contributed by atoms with Crippen LogP contribution < -0.4 is 25.8 Å². The number of nitrogens with zero attached hydrogens (tertiary/aromatic N) is 3. The molecule has 7 rings (SSSR count). The molecule has 2 aliphatic carbocycles. The molecule has 0 bridgehead atoms. The molecule has 5 aliphatic rings. The average Bonchev–Trinajstić information content (AvgIpc) is 3.49. The third-order valence-corrected chi connectivity index (χ3v) is 9.88. The molecule has 6 atom stereocenters. The van der Waals surface area contributed by atoms with Gasteiger partial charge in [0.2, 0.25) is 5.91 Å². The molecule has 38 heavy (non-hydrogen) atoms. The number of ether oxygens (including phenoxy) is 1. The summed E-state index contributed by atoms with van der Waals surface area (Å²) in [5.74, 6) is 3.62. The number of pyridine rings is 1. The van der Waals surface area contributed by atoms with Crippen LogP contribution in [0, 0.1) is 17.8 Å². The lowest BCUT2D eigenvalue weighted by atomic mass is 9.73. The third kappa shape index (κ3) is 4.01. The Labute approximate surface area is 224 Å². The van der Waals surface area contributed by atoms with E-state index in [9.17, 15) is 4.79 Å². The van der Waals surface area contributed by atoms with E-state index in [4.69, 9.17) is 9.72 Å². The number of carbonyl (C=O) groups is 1. The van der Waals surface area contributed by atoms with Crippen molar-refractivity contribution in [2.75, 3.05) is 50.6 Å². The molecular formula is C30H38N6O2. The van der Waals surface area contributed by atoms with Gasteiger partial charge in [-0.05, 0) is 91.9 Å². The zero-order chi connectivity index (χ0) is 25.9. The van der Waals surface area contributed by atoms with E-state index in [1.54, 1.807) is 7.11 Å². The van der Waals surface area contributed by atoms with Crippen molar-refractivity contribution in [3.05, 3.63) is 53.7 Å². The Morgan fingerprint density at radius 1 is 1.11 bits per heavy atom. The largest absolute Gasteiger partial charge is 0.497 e. The number of likely N-dealkylation sites (N-methyl/N-ethyl adjacent to an activating group) is 1. The Kier molecular flexibility index (Phi) is 5.94. The third-order valence-electron chi connectivity index (χ3n) is 9.88. The van der Waals surface area contributed by atoms with Gasteiger partial charge < -0.3 is 19.9 Å². The van der Waals surface area contributed by atoms with Crippen molar-refractivity contribution in [3.63, 3.8) is 0 Å². The predicted octanol–water partition coefficient (Wildman–Crippen LogP) is 3.03. The highest BCUT2D eigenvalue weighted by Gasteiger charge is 2.67. The summed E-state index contributed by atoms with van der Waals surface area (Å²) in [4.78, 5) is 22.6. The molecule has 1 spiro atoms. The molecule has 2 saturated carbocycles. The normalized spacial score (nSPS) is 34.4. The van der Waals surface area contributed by atoms with Gasteiger partial charge in [0.05, 0.1) is 12.5 Å². The maximum absolute atomic E-state index is 13.1. The van der Waals surface area contributed by atoms with E-state index in [0.717, 1.165) is 67.4 Å². The number of nitrogens with one attached hydrogen (secondary N) is 3. The number of fused-ring (bicyclic) bond motifs is 3. The summed E-state index contributed by atoms with van der Waals surface area (Å²) in [7, 11) is 3.86. The molecule has 200 valence electrons. The number of anilines is 2. The highest BCUT2D eigenvalue weighted by molar-refractivity contribution is 6.09. The zero-order valence-corrected chi connectivity index (χ0v) is 22.3. The summed E-state index contributed by atoms with van der Waals surface area (Å²) >= 11 is 0. The van der Waals surface area contributed by atoms with Crippen LogP contribution in [0.2, 0.25) is 0 Å². The highest BCUT2D eigenvalue weighted by Crippen LogP contribution is 2.65. The second kappa shape index (κ2) is 9.36. The summed E-state index contributed by atoms with van der Waals surface area (Å²) in [6.07, 6.45) is 10.9. The van der Waals surface area contributed by atoms with E-state index in [2.05, 4.69) is 63.4 Å². The van der Waals surface area contributed by atoms with Gasteiger partial charge in [-0.2, -0.15) is 0 Å². The van der Waals surface area contributed by atoms with E-state index < -0.39 is 0 Å². The van der Waals surface area contributed by atoms with Crippen LogP contribution in [-0.4, -0.2) is 68.2 Å². The number of piperazine rings is 1. The Morgan fingerprint density at radius 3 is 2.76 bits per heavy atom. The van der Waals surface area contributed by atoms with Gasteiger partial charge in [-0.25, -0.2) is 4.98 Å². The van der Waals surface area contributed by atoms with Gasteiger partial charge in [0, 0.05) is 50.1 Å². The summed E-state index contributed by atoms with van der Waals surface area (Å²) in [6, 6.07) is 11.1. The first-order valence-electron chi connectivity index (χ1n) is 14.1. The summed E-state index contributed by atoms with van der Waals surface area (Å²) < 4.78 is 5.47. The van der Waals surface area contributed by atoms with Gasteiger partial charge in [-0.15, -0.1) is 0 Å². The number of aromatic nitrogens is 1. The van der Waals surface area contributed by atoms with Crippen molar-refractivity contribution in [2.45, 2.75) is 43.2 Å². The number of rotatable bonds is 5. The molecule has 0 radical (unpaired) electrons. The van der Waals surface area contributed by atoms with E-state index in [-0.39, 0.29) is 11.3 Å². The van der Waals surface area contributed by atoms with Gasteiger partial charge in [-0.3, -0.25) is 15.6 Å². The maximum atomic E-state index is 13.1. The molecular weight excluding hydrogens is 476 g/mol. The van der Waals surface area contributed by atoms with Crippen LogP contribution in [0.15, 0.2) is 42.6 Å². The monoisotopic (exact) mass is 514 g/mol. The molecule has 2 saturated heterocycles. The molecule has 4 unspecified atom stereocenters. The Bertz CT molecular complexity index is 1240. The summed E-state index contributed by atoms with van der Waals surface area (Å²) in [5, 5.41) is 3.14. The minimum atomic E-state index is -0.351. The van der Waals surface area contributed by atoms with Crippen molar-refractivity contribution in [3.8, 4) is 5.75 Å². The highest BCUT2D eigenvalue weighted by atomic mass is 16.5. The lowest BCUT2D eigenvalue weighted by Crippen LogP contribution is -2.44. The lowest BCUT2D eigenvalue weighted by Gasteiger charge is -2.33. The number of hydrazine groups is 1. The number of methoxy groups -OCH3 is 1. The molecule has 4 fully saturated rings. The number of benzene rings is 1. The van der Waals surface area contributed by atoms with Crippen LogP contribution in [0.5, 0.6) is 5.75 Å². The van der Waals surface area contributed by atoms with Crippen molar-refractivity contribution in [1.29, 1.82) is 0 Å². The minimum Gasteiger partial charge on any atom is -0.497 e. The number of amides is 1. The van der Waals surface area contributed by atoms with E-state index in [1.165, 1.54) is 12.8 Å².